The number of nitrogens with zero attached hydrogens (tertiary/aromatic N) is 4. The van der Waals surface area contributed by atoms with Crippen LogP contribution in [0.25, 0.3) is 28.1 Å². The van der Waals surface area contributed by atoms with E-state index < -0.39 is 5.25 Å². The molecule has 0 unspecified atom stereocenters. The molecule has 7 nitrogen and oxygen atoms in total. The fourth-order valence-corrected chi connectivity index (χ4v) is 3.64. The Morgan fingerprint density at radius 3 is 2.69 bits per heavy atom. The zero-order chi connectivity index (χ0) is 20.4. The predicted molar refractivity (Wildman–Crippen MR) is 111 cm³/mol. The van der Waals surface area contributed by atoms with Crippen LogP contribution < -0.4 is 0 Å². The maximum Gasteiger partial charge on any atom is 0.277 e. The van der Waals surface area contributed by atoms with Crippen LogP contribution in [0, 0.1) is 18.3 Å². The van der Waals surface area contributed by atoms with Gasteiger partial charge < -0.3 is 14.5 Å². The Morgan fingerprint density at radius 1 is 1.17 bits per heavy atom. The van der Waals surface area contributed by atoms with Crippen LogP contribution in [0.15, 0.2) is 63.9 Å². The molecule has 2 heterocycles. The number of aliphatic hydroxyl groups is 1. The lowest BCUT2D eigenvalue weighted by Crippen LogP contribution is -2.04. The van der Waals surface area contributed by atoms with Crippen molar-refractivity contribution in [2.24, 2.45) is 0 Å². The molecule has 0 fully saturated rings. The largest absolute Gasteiger partial charge is 0.510 e. The number of thioether (sulfide) groups is 1. The smallest absolute Gasteiger partial charge is 0.277 e. The molecular formula is C21H17N5O2S. The van der Waals surface area contributed by atoms with Crippen molar-refractivity contribution in [2.45, 2.75) is 24.3 Å². The summed E-state index contributed by atoms with van der Waals surface area (Å²) in [5.74, 6) is 0.635. The van der Waals surface area contributed by atoms with E-state index >= 15 is 0 Å². The molecule has 0 spiro atoms. The summed E-state index contributed by atoms with van der Waals surface area (Å²) in [5, 5.41) is 28.2. The van der Waals surface area contributed by atoms with Crippen LogP contribution in [0.4, 0.5) is 0 Å². The summed E-state index contributed by atoms with van der Waals surface area (Å²) in [6.45, 7) is 3.73. The number of aromatic amines is 1. The molecule has 144 valence electrons. The molecule has 4 aromatic rings. The van der Waals surface area contributed by atoms with Crippen molar-refractivity contribution in [1.29, 1.82) is 5.26 Å². The Balaban J connectivity index is 1.59. The monoisotopic (exact) mass is 403 g/mol. The topological polar surface area (TPSA) is 112 Å². The zero-order valence-corrected chi connectivity index (χ0v) is 16.6. The first-order valence-corrected chi connectivity index (χ1v) is 9.79. The molecule has 2 N–H and O–H groups in total. The first kappa shape index (κ1) is 18.8. The number of imidazole rings is 1. The highest BCUT2D eigenvalue weighted by Crippen LogP contribution is 2.32. The van der Waals surface area contributed by atoms with Crippen molar-refractivity contribution in [1.82, 2.24) is 20.2 Å². The minimum Gasteiger partial charge on any atom is -0.510 e. The van der Waals surface area contributed by atoms with Gasteiger partial charge in [-0.25, -0.2) is 4.98 Å². The van der Waals surface area contributed by atoms with Crippen LogP contribution >= 0.6 is 11.8 Å². The Morgan fingerprint density at radius 2 is 1.93 bits per heavy atom. The molecule has 0 bridgehead atoms. The maximum absolute atomic E-state index is 10.7. The van der Waals surface area contributed by atoms with Crippen LogP contribution in [-0.2, 0) is 0 Å². The van der Waals surface area contributed by atoms with Gasteiger partial charge in [0.2, 0.25) is 5.89 Å². The summed E-state index contributed by atoms with van der Waals surface area (Å²) in [6.07, 6.45) is 0. The van der Waals surface area contributed by atoms with E-state index in [0.717, 1.165) is 22.2 Å². The van der Waals surface area contributed by atoms with Gasteiger partial charge in [0.25, 0.3) is 5.22 Å². The SMILES string of the molecule is Cc1ccccc1-c1nnc(S[C@H](C)/C(O)=C(\C#N)c2nc3ccccc3[nH]2)o1. The number of nitriles is 1. The lowest BCUT2D eigenvalue weighted by Gasteiger charge is -2.09. The van der Waals surface area contributed by atoms with E-state index in [0.29, 0.717) is 16.9 Å². The molecule has 0 saturated heterocycles. The Bertz CT molecular complexity index is 1220. The number of nitrogens with one attached hydrogen (secondary N) is 1. The van der Waals surface area contributed by atoms with Crippen LogP contribution in [-0.4, -0.2) is 30.5 Å². The number of aromatic nitrogens is 4. The second kappa shape index (κ2) is 7.81. The highest BCUT2D eigenvalue weighted by Gasteiger charge is 2.21. The number of allylic oxidation sites excluding steroid dienone is 1. The molecule has 4 rings (SSSR count). The van der Waals surface area contributed by atoms with Gasteiger partial charge in [-0.15, -0.1) is 10.2 Å². The second-order valence-corrected chi connectivity index (χ2v) is 7.71. The minimum absolute atomic E-state index is 0.0832. The number of fused-ring (bicyclic) bond motifs is 1. The van der Waals surface area contributed by atoms with Crippen molar-refractivity contribution < 1.29 is 9.52 Å². The lowest BCUT2D eigenvalue weighted by atomic mass is 10.1. The van der Waals surface area contributed by atoms with E-state index in [9.17, 15) is 10.4 Å². The number of hydrogen-bond donors (Lipinski definition) is 2. The Hall–Kier alpha value is -3.57. The molecule has 0 radical (unpaired) electrons. The first-order valence-electron chi connectivity index (χ1n) is 8.91. The molecular weight excluding hydrogens is 386 g/mol. The third-order valence-corrected chi connectivity index (χ3v) is 5.38. The molecule has 0 amide bonds. The van der Waals surface area contributed by atoms with Crippen molar-refractivity contribution in [3.63, 3.8) is 0 Å². The quantitative estimate of drug-likeness (QED) is 0.277. The number of benzene rings is 2. The lowest BCUT2D eigenvalue weighted by molar-refractivity contribution is 0.399. The third kappa shape index (κ3) is 3.73. The normalized spacial score (nSPS) is 13.1. The summed E-state index contributed by atoms with van der Waals surface area (Å²) in [7, 11) is 0. The van der Waals surface area contributed by atoms with Crippen LogP contribution in [0.3, 0.4) is 0 Å². The average molecular weight is 403 g/mol. The summed E-state index contributed by atoms with van der Waals surface area (Å²) in [4.78, 5) is 7.46. The third-order valence-electron chi connectivity index (χ3n) is 4.44. The molecule has 1 atom stereocenters. The van der Waals surface area contributed by atoms with Gasteiger partial charge in [-0.1, -0.05) is 42.1 Å². The van der Waals surface area contributed by atoms with Crippen molar-refractivity contribution in [2.75, 3.05) is 0 Å². The number of aliphatic hydroxyl groups excluding tert-OH is 1. The van der Waals surface area contributed by atoms with Crippen molar-refractivity contribution in [3.05, 3.63) is 65.7 Å². The molecule has 0 aliphatic heterocycles. The summed E-state index contributed by atoms with van der Waals surface area (Å²) in [6, 6.07) is 17.2. The number of aryl methyl sites for hydroxylation is 1. The second-order valence-electron chi connectivity index (χ2n) is 6.42. The number of rotatable bonds is 5. The van der Waals surface area contributed by atoms with Gasteiger partial charge in [-0.3, -0.25) is 0 Å². The molecule has 0 aliphatic rings. The predicted octanol–water partition coefficient (Wildman–Crippen LogP) is 4.89. The van der Waals surface area contributed by atoms with E-state index in [2.05, 4.69) is 20.2 Å². The Labute approximate surface area is 171 Å². The van der Waals surface area contributed by atoms with E-state index in [1.807, 2.05) is 61.5 Å². The van der Waals surface area contributed by atoms with Crippen molar-refractivity contribution in [3.8, 4) is 17.5 Å². The van der Waals surface area contributed by atoms with Gasteiger partial charge in [0.15, 0.2) is 5.82 Å². The Kier molecular flexibility index (Phi) is 5.06. The van der Waals surface area contributed by atoms with E-state index in [1.54, 1.807) is 6.92 Å². The van der Waals surface area contributed by atoms with Gasteiger partial charge >= 0.3 is 0 Å². The van der Waals surface area contributed by atoms with E-state index in [1.165, 1.54) is 11.8 Å². The standard InChI is InChI=1S/C21H17N5O2S/c1-12-7-3-4-8-14(12)20-25-26-21(28-20)29-13(2)18(27)15(11-22)19-23-16-9-5-6-10-17(16)24-19/h3-10,13,27H,1-2H3,(H,23,24)/b18-15-/t13-/m1/s1. The summed E-state index contributed by atoms with van der Waals surface area (Å²) >= 11 is 1.18. The zero-order valence-electron chi connectivity index (χ0n) is 15.7. The first-order chi connectivity index (χ1) is 14.1. The number of H-pyrrole nitrogens is 1. The fraction of sp³-hybridized carbons (Fsp3) is 0.143. The molecule has 2 aromatic heterocycles. The van der Waals surface area contributed by atoms with Crippen molar-refractivity contribution >= 4 is 28.4 Å². The number of para-hydroxylation sites is 2. The molecule has 29 heavy (non-hydrogen) atoms. The van der Waals surface area contributed by atoms with Crippen LogP contribution in [0.2, 0.25) is 0 Å². The average Bonchev–Trinajstić information content (AvgIpc) is 3.35. The fourth-order valence-electron chi connectivity index (χ4n) is 2.89. The van der Waals surface area contributed by atoms with E-state index in [4.69, 9.17) is 4.42 Å². The minimum atomic E-state index is -0.483. The molecule has 0 aliphatic carbocycles. The van der Waals surface area contributed by atoms with Gasteiger partial charge in [0.05, 0.1) is 16.3 Å². The maximum atomic E-state index is 10.7. The molecule has 8 heteroatoms. The summed E-state index contributed by atoms with van der Waals surface area (Å²) in [5.41, 5.74) is 3.49. The van der Waals surface area contributed by atoms with Gasteiger partial charge in [-0.05, 0) is 37.6 Å². The van der Waals surface area contributed by atoms with E-state index in [-0.39, 0.29) is 11.3 Å². The van der Waals surface area contributed by atoms with Crippen LogP contribution in [0.5, 0.6) is 0 Å². The van der Waals surface area contributed by atoms with Gasteiger partial charge in [0, 0.05) is 5.56 Å². The molecule has 2 aromatic carbocycles. The molecule has 0 saturated carbocycles. The highest BCUT2D eigenvalue weighted by atomic mass is 32.2. The number of hydrogen-bond acceptors (Lipinski definition) is 7. The van der Waals surface area contributed by atoms with Crippen LogP contribution in [0.1, 0.15) is 18.3 Å². The van der Waals surface area contributed by atoms with Gasteiger partial charge in [-0.2, -0.15) is 5.26 Å². The summed E-state index contributed by atoms with van der Waals surface area (Å²) < 4.78 is 5.74. The highest BCUT2D eigenvalue weighted by molar-refractivity contribution is 7.99. The van der Waals surface area contributed by atoms with Gasteiger partial charge in [0.1, 0.15) is 17.4 Å².